The molecule has 2 nitrogen and oxygen atoms in total. The Balaban J connectivity index is 1.59. The lowest BCUT2D eigenvalue weighted by molar-refractivity contribution is -0.116. The lowest BCUT2D eigenvalue weighted by Crippen LogP contribution is -2.37. The number of benzene rings is 2. The van der Waals surface area contributed by atoms with Crippen LogP contribution in [0.5, 0.6) is 0 Å². The first-order valence-corrected chi connectivity index (χ1v) is 8.90. The van der Waals surface area contributed by atoms with Gasteiger partial charge in [-0.1, -0.05) is 41.9 Å². The quantitative estimate of drug-likeness (QED) is 0.819. The van der Waals surface area contributed by atoms with E-state index >= 15 is 0 Å². The third kappa shape index (κ3) is 3.31. The fourth-order valence-corrected chi connectivity index (χ4v) is 3.82. The Morgan fingerprint density at radius 1 is 1.23 bits per heavy atom. The van der Waals surface area contributed by atoms with Crippen molar-refractivity contribution in [2.24, 2.45) is 0 Å². The molecule has 0 aromatic heterocycles. The van der Waals surface area contributed by atoms with E-state index in [1.807, 2.05) is 47.4 Å². The highest BCUT2D eigenvalue weighted by atomic mass is 35.5. The van der Waals surface area contributed by atoms with E-state index in [4.69, 9.17) is 11.6 Å². The van der Waals surface area contributed by atoms with Gasteiger partial charge in [-0.15, -0.1) is 11.8 Å². The van der Waals surface area contributed by atoms with Crippen molar-refractivity contribution >= 4 is 35.0 Å². The summed E-state index contributed by atoms with van der Waals surface area (Å²) in [6.07, 6.45) is 0.948. The molecule has 1 atom stereocenters. The summed E-state index contributed by atoms with van der Waals surface area (Å²) in [5.74, 6) is 1.52. The highest BCUT2D eigenvalue weighted by molar-refractivity contribution is 7.99. The molecule has 114 valence electrons. The van der Waals surface area contributed by atoms with Crippen LogP contribution < -0.4 is 4.90 Å². The van der Waals surface area contributed by atoms with E-state index in [2.05, 4.69) is 13.0 Å². The van der Waals surface area contributed by atoms with Crippen LogP contribution in [0.2, 0.25) is 5.02 Å². The minimum Gasteiger partial charge on any atom is -0.308 e. The monoisotopic (exact) mass is 331 g/mol. The first kappa shape index (κ1) is 15.4. The van der Waals surface area contributed by atoms with Crippen LogP contribution in [0.4, 0.5) is 5.69 Å². The van der Waals surface area contributed by atoms with Gasteiger partial charge in [-0.05, 0) is 42.7 Å². The topological polar surface area (TPSA) is 20.3 Å². The Morgan fingerprint density at radius 3 is 2.73 bits per heavy atom. The van der Waals surface area contributed by atoms with Crippen molar-refractivity contribution in [3.05, 3.63) is 64.7 Å². The smallest absolute Gasteiger partial charge is 0.237 e. The van der Waals surface area contributed by atoms with E-state index in [1.54, 1.807) is 11.8 Å². The van der Waals surface area contributed by atoms with E-state index < -0.39 is 0 Å². The molecule has 22 heavy (non-hydrogen) atoms. The molecule has 0 unspecified atom stereocenters. The van der Waals surface area contributed by atoms with Crippen molar-refractivity contribution in [2.75, 3.05) is 10.7 Å². The summed E-state index contributed by atoms with van der Waals surface area (Å²) in [4.78, 5) is 14.5. The van der Waals surface area contributed by atoms with E-state index in [1.165, 1.54) is 11.1 Å². The van der Waals surface area contributed by atoms with Crippen LogP contribution in [0.25, 0.3) is 0 Å². The number of carbonyl (C=O) groups is 1. The molecule has 4 heteroatoms. The third-order valence-corrected chi connectivity index (χ3v) is 5.12. The molecule has 0 bridgehead atoms. The number of para-hydroxylation sites is 1. The summed E-state index contributed by atoms with van der Waals surface area (Å²) in [5, 5.41) is 0.743. The van der Waals surface area contributed by atoms with Gasteiger partial charge in [0, 0.05) is 22.5 Å². The molecular weight excluding hydrogens is 314 g/mol. The minimum absolute atomic E-state index is 0.191. The molecule has 1 amide bonds. The van der Waals surface area contributed by atoms with Gasteiger partial charge >= 0.3 is 0 Å². The Kier molecular flexibility index (Phi) is 4.74. The zero-order chi connectivity index (χ0) is 15.5. The molecule has 0 aliphatic carbocycles. The van der Waals surface area contributed by atoms with Crippen molar-refractivity contribution in [2.45, 2.75) is 25.1 Å². The number of thioether (sulfide) groups is 1. The van der Waals surface area contributed by atoms with Gasteiger partial charge in [0.2, 0.25) is 5.91 Å². The molecule has 0 N–H and O–H groups in total. The molecule has 0 radical (unpaired) electrons. The van der Waals surface area contributed by atoms with Gasteiger partial charge in [0.1, 0.15) is 0 Å². The van der Waals surface area contributed by atoms with Crippen LogP contribution in [-0.4, -0.2) is 17.7 Å². The van der Waals surface area contributed by atoms with Gasteiger partial charge in [-0.25, -0.2) is 0 Å². The average molecular weight is 332 g/mol. The van der Waals surface area contributed by atoms with Gasteiger partial charge in [0.05, 0.1) is 5.75 Å². The second-order valence-corrected chi connectivity index (χ2v) is 6.99. The fraction of sp³-hybridized carbons (Fsp3) is 0.278. The maximum atomic E-state index is 12.5. The van der Waals surface area contributed by atoms with Crippen LogP contribution in [0.15, 0.2) is 48.5 Å². The average Bonchev–Trinajstić information content (AvgIpc) is 2.85. The summed E-state index contributed by atoms with van der Waals surface area (Å²) in [6, 6.07) is 16.2. The maximum absolute atomic E-state index is 12.5. The minimum atomic E-state index is 0.191. The second-order valence-electron chi connectivity index (χ2n) is 5.56. The zero-order valence-corrected chi connectivity index (χ0v) is 14.0. The number of nitrogens with zero attached hydrogens (tertiary/aromatic N) is 1. The number of rotatable bonds is 4. The predicted molar refractivity (Wildman–Crippen MR) is 94.7 cm³/mol. The van der Waals surface area contributed by atoms with Crippen molar-refractivity contribution in [3.8, 4) is 0 Å². The normalized spacial score (nSPS) is 16.6. The standard InChI is InChI=1S/C18H18ClNOS/c1-13-10-15-4-2-3-5-17(15)20(13)18(21)12-22-11-14-6-8-16(19)9-7-14/h2-9,13H,10-12H2,1H3/t13-/m0/s1. The molecule has 3 rings (SSSR count). The predicted octanol–water partition coefficient (Wildman–Crippen LogP) is 4.55. The first-order valence-electron chi connectivity index (χ1n) is 7.37. The summed E-state index contributed by atoms with van der Waals surface area (Å²) < 4.78 is 0. The number of fused-ring (bicyclic) bond motifs is 1. The molecule has 2 aromatic rings. The number of halogens is 1. The van der Waals surface area contributed by atoms with Crippen molar-refractivity contribution in [1.29, 1.82) is 0 Å². The summed E-state index contributed by atoms with van der Waals surface area (Å²) >= 11 is 7.53. The van der Waals surface area contributed by atoms with E-state index in [9.17, 15) is 4.79 Å². The van der Waals surface area contributed by atoms with Crippen LogP contribution in [0.1, 0.15) is 18.1 Å². The Labute approximate surface area is 140 Å². The van der Waals surface area contributed by atoms with Gasteiger partial charge in [0.15, 0.2) is 0 Å². The highest BCUT2D eigenvalue weighted by Gasteiger charge is 2.29. The molecule has 0 fully saturated rings. The molecule has 0 saturated heterocycles. The lowest BCUT2D eigenvalue weighted by Gasteiger charge is -2.22. The van der Waals surface area contributed by atoms with E-state index in [0.717, 1.165) is 22.9 Å². The molecule has 0 spiro atoms. The summed E-state index contributed by atoms with van der Waals surface area (Å²) in [7, 11) is 0. The summed E-state index contributed by atoms with van der Waals surface area (Å²) in [5.41, 5.74) is 3.54. The van der Waals surface area contributed by atoms with E-state index in [-0.39, 0.29) is 11.9 Å². The van der Waals surface area contributed by atoms with E-state index in [0.29, 0.717) is 5.75 Å². The molecule has 0 saturated carbocycles. The van der Waals surface area contributed by atoms with Crippen LogP contribution >= 0.6 is 23.4 Å². The number of carbonyl (C=O) groups excluding carboxylic acids is 1. The first-order chi connectivity index (χ1) is 10.6. The number of amides is 1. The van der Waals surface area contributed by atoms with Gasteiger partial charge in [-0.2, -0.15) is 0 Å². The molecular formula is C18H18ClNOS. The number of anilines is 1. The largest absolute Gasteiger partial charge is 0.308 e. The third-order valence-electron chi connectivity index (χ3n) is 3.88. The summed E-state index contributed by atoms with van der Waals surface area (Å²) in [6.45, 7) is 2.11. The van der Waals surface area contributed by atoms with Crippen LogP contribution in [0, 0.1) is 0 Å². The Morgan fingerprint density at radius 2 is 1.95 bits per heavy atom. The van der Waals surface area contributed by atoms with Gasteiger partial charge in [-0.3, -0.25) is 4.79 Å². The van der Waals surface area contributed by atoms with Crippen molar-refractivity contribution < 1.29 is 4.79 Å². The molecule has 1 aliphatic rings. The number of hydrogen-bond donors (Lipinski definition) is 0. The van der Waals surface area contributed by atoms with Crippen LogP contribution in [-0.2, 0) is 17.0 Å². The Hall–Kier alpha value is -1.45. The molecule has 1 aliphatic heterocycles. The Bertz CT molecular complexity index is 671. The lowest BCUT2D eigenvalue weighted by atomic mass is 10.1. The molecule has 1 heterocycles. The maximum Gasteiger partial charge on any atom is 0.237 e. The fourth-order valence-electron chi connectivity index (χ4n) is 2.85. The molecule has 2 aromatic carbocycles. The SMILES string of the molecule is C[C@H]1Cc2ccccc2N1C(=O)CSCc1ccc(Cl)cc1. The van der Waals surface area contributed by atoms with Crippen molar-refractivity contribution in [3.63, 3.8) is 0 Å². The van der Waals surface area contributed by atoms with Gasteiger partial charge < -0.3 is 4.90 Å². The van der Waals surface area contributed by atoms with Gasteiger partial charge in [0.25, 0.3) is 0 Å². The van der Waals surface area contributed by atoms with Crippen molar-refractivity contribution in [1.82, 2.24) is 0 Å². The zero-order valence-electron chi connectivity index (χ0n) is 12.5. The van der Waals surface area contributed by atoms with Crippen LogP contribution in [0.3, 0.4) is 0 Å². The highest BCUT2D eigenvalue weighted by Crippen LogP contribution is 2.32. The number of hydrogen-bond acceptors (Lipinski definition) is 2. The second kappa shape index (κ2) is 6.76.